The first-order valence-electron chi connectivity index (χ1n) is 5.96. The Kier molecular flexibility index (Phi) is 4.67. The third-order valence-corrected chi connectivity index (χ3v) is 4.47. The first-order valence-corrected chi connectivity index (χ1v) is 7.41. The Labute approximate surface area is 129 Å². The van der Waals surface area contributed by atoms with Crippen LogP contribution >= 0.6 is 34.2 Å². The highest BCUT2D eigenvalue weighted by Gasteiger charge is 2.30. The van der Waals surface area contributed by atoms with Crippen molar-refractivity contribution in [1.82, 2.24) is 5.32 Å². The van der Waals surface area contributed by atoms with Crippen molar-refractivity contribution in [2.24, 2.45) is 5.92 Å². The number of carboxylic acid groups (broad SMARTS) is 1. The van der Waals surface area contributed by atoms with E-state index in [1.54, 1.807) is 18.2 Å². The van der Waals surface area contributed by atoms with Crippen molar-refractivity contribution in [3.63, 3.8) is 0 Å². The molecule has 0 unspecified atom stereocenters. The van der Waals surface area contributed by atoms with Crippen LogP contribution in [0.2, 0.25) is 5.02 Å². The van der Waals surface area contributed by atoms with Crippen molar-refractivity contribution < 1.29 is 14.7 Å². The molecule has 0 radical (unpaired) electrons. The van der Waals surface area contributed by atoms with E-state index in [4.69, 9.17) is 16.7 Å². The molecule has 2 atom stereocenters. The number of hydrogen-bond donors (Lipinski definition) is 2. The molecular formula is C13H13ClINO3. The molecule has 0 aromatic heterocycles. The van der Waals surface area contributed by atoms with Gasteiger partial charge in [-0.25, -0.2) is 0 Å². The Morgan fingerprint density at radius 2 is 2.11 bits per heavy atom. The molecular weight excluding hydrogens is 381 g/mol. The zero-order valence-electron chi connectivity index (χ0n) is 10.0. The van der Waals surface area contributed by atoms with Crippen LogP contribution in [0.4, 0.5) is 0 Å². The normalized spacial score (nSPS) is 22.2. The highest BCUT2D eigenvalue weighted by molar-refractivity contribution is 14.1. The van der Waals surface area contributed by atoms with Crippen molar-refractivity contribution in [3.8, 4) is 0 Å². The van der Waals surface area contributed by atoms with Crippen LogP contribution in [0.1, 0.15) is 29.6 Å². The van der Waals surface area contributed by atoms with Crippen molar-refractivity contribution in [2.75, 3.05) is 0 Å². The van der Waals surface area contributed by atoms with Gasteiger partial charge in [-0.2, -0.15) is 0 Å². The molecule has 0 heterocycles. The second-order valence-corrected chi connectivity index (χ2v) is 6.24. The molecule has 19 heavy (non-hydrogen) atoms. The van der Waals surface area contributed by atoms with Crippen molar-refractivity contribution in [3.05, 3.63) is 32.4 Å². The van der Waals surface area contributed by atoms with Gasteiger partial charge in [0, 0.05) is 14.6 Å². The van der Waals surface area contributed by atoms with Gasteiger partial charge in [-0.3, -0.25) is 9.59 Å². The molecule has 1 aromatic rings. The molecule has 1 aliphatic carbocycles. The molecule has 0 aliphatic heterocycles. The Morgan fingerprint density at radius 3 is 2.74 bits per heavy atom. The molecule has 0 bridgehead atoms. The van der Waals surface area contributed by atoms with Gasteiger partial charge in [-0.1, -0.05) is 11.6 Å². The number of hydrogen-bond acceptors (Lipinski definition) is 2. The molecule has 2 rings (SSSR count). The maximum Gasteiger partial charge on any atom is 0.306 e. The van der Waals surface area contributed by atoms with Crippen LogP contribution < -0.4 is 5.32 Å². The number of benzene rings is 1. The highest BCUT2D eigenvalue weighted by atomic mass is 127. The van der Waals surface area contributed by atoms with E-state index in [0.29, 0.717) is 29.8 Å². The third-order valence-electron chi connectivity index (χ3n) is 3.29. The summed E-state index contributed by atoms with van der Waals surface area (Å²) in [6, 6.07) is 5.08. The zero-order valence-corrected chi connectivity index (χ0v) is 12.9. The fourth-order valence-electron chi connectivity index (χ4n) is 2.27. The second-order valence-electron chi connectivity index (χ2n) is 4.64. The smallest absolute Gasteiger partial charge is 0.306 e. The van der Waals surface area contributed by atoms with Crippen molar-refractivity contribution >= 4 is 46.1 Å². The number of carboxylic acids is 1. The minimum absolute atomic E-state index is 0.0663. The first kappa shape index (κ1) is 14.6. The highest BCUT2D eigenvalue weighted by Crippen LogP contribution is 2.26. The van der Waals surface area contributed by atoms with Gasteiger partial charge in [-0.05, 0) is 60.1 Å². The molecule has 1 aromatic carbocycles. The van der Waals surface area contributed by atoms with Crippen molar-refractivity contribution in [2.45, 2.75) is 25.3 Å². The summed E-state index contributed by atoms with van der Waals surface area (Å²) >= 11 is 7.96. The van der Waals surface area contributed by atoms with Crippen LogP contribution in [0.5, 0.6) is 0 Å². The van der Waals surface area contributed by atoms with Crippen LogP contribution in [0.15, 0.2) is 18.2 Å². The maximum absolute atomic E-state index is 12.1. The average molecular weight is 394 g/mol. The summed E-state index contributed by atoms with van der Waals surface area (Å²) in [5, 5.41) is 12.3. The summed E-state index contributed by atoms with van der Waals surface area (Å²) in [6.07, 6.45) is 1.82. The van der Waals surface area contributed by atoms with E-state index in [1.165, 1.54) is 0 Å². The van der Waals surface area contributed by atoms with E-state index in [1.807, 2.05) is 0 Å². The molecule has 1 amide bonds. The Balaban J connectivity index is 2.02. The lowest BCUT2D eigenvalue weighted by molar-refractivity contribution is -0.141. The first-order chi connectivity index (χ1) is 8.97. The Bertz CT molecular complexity index is 521. The standard InChI is InChI=1S/C13H13ClINO3/c14-8-2-4-11(15)10(6-8)12(17)16-9-3-1-7(5-9)13(18)19/h2,4,6-7,9H,1,3,5H2,(H,16,17)(H,18,19)/t7-,9+/m0/s1. The molecule has 102 valence electrons. The van der Waals surface area contributed by atoms with Gasteiger partial charge in [0.15, 0.2) is 0 Å². The number of carbonyl (C=O) groups is 2. The average Bonchev–Trinajstić information content (AvgIpc) is 2.80. The molecule has 1 aliphatic rings. The van der Waals surface area contributed by atoms with E-state index in [-0.39, 0.29) is 17.9 Å². The van der Waals surface area contributed by atoms with Crippen LogP contribution in [-0.2, 0) is 4.79 Å². The minimum atomic E-state index is -0.783. The third kappa shape index (κ3) is 3.60. The van der Waals surface area contributed by atoms with E-state index in [9.17, 15) is 9.59 Å². The number of aliphatic carboxylic acids is 1. The van der Waals surface area contributed by atoms with E-state index >= 15 is 0 Å². The summed E-state index contributed by atoms with van der Waals surface area (Å²) in [7, 11) is 0. The van der Waals surface area contributed by atoms with Gasteiger partial charge >= 0.3 is 5.97 Å². The van der Waals surface area contributed by atoms with Crippen LogP contribution in [0.3, 0.4) is 0 Å². The fraction of sp³-hybridized carbons (Fsp3) is 0.385. The van der Waals surface area contributed by atoms with Gasteiger partial charge in [0.05, 0.1) is 11.5 Å². The summed E-state index contributed by atoms with van der Waals surface area (Å²) in [6.45, 7) is 0. The lowest BCUT2D eigenvalue weighted by atomic mass is 10.1. The predicted octanol–water partition coefficient (Wildman–Crippen LogP) is 2.93. The lowest BCUT2D eigenvalue weighted by Gasteiger charge is -2.13. The van der Waals surface area contributed by atoms with Crippen LogP contribution in [0, 0.1) is 9.49 Å². The molecule has 0 spiro atoms. The number of nitrogens with one attached hydrogen (secondary N) is 1. The Morgan fingerprint density at radius 1 is 1.37 bits per heavy atom. The van der Waals surface area contributed by atoms with Gasteiger partial charge in [0.2, 0.25) is 0 Å². The molecule has 2 N–H and O–H groups in total. The molecule has 1 saturated carbocycles. The monoisotopic (exact) mass is 393 g/mol. The quantitative estimate of drug-likeness (QED) is 0.776. The predicted molar refractivity (Wildman–Crippen MR) is 80.4 cm³/mol. The molecule has 4 nitrogen and oxygen atoms in total. The second kappa shape index (κ2) is 6.09. The molecule has 1 fully saturated rings. The van der Waals surface area contributed by atoms with Gasteiger partial charge in [0.1, 0.15) is 0 Å². The summed E-state index contributed by atoms with van der Waals surface area (Å²) in [5.41, 5.74) is 0.534. The molecule has 0 saturated heterocycles. The fourth-order valence-corrected chi connectivity index (χ4v) is 3.02. The number of halogens is 2. The SMILES string of the molecule is O=C(N[C@@H]1CC[C@H](C(=O)O)C1)c1cc(Cl)ccc1I. The maximum atomic E-state index is 12.1. The van der Waals surface area contributed by atoms with Crippen LogP contribution in [0.25, 0.3) is 0 Å². The lowest BCUT2D eigenvalue weighted by Crippen LogP contribution is -2.33. The van der Waals surface area contributed by atoms with Crippen LogP contribution in [-0.4, -0.2) is 23.0 Å². The zero-order chi connectivity index (χ0) is 14.0. The van der Waals surface area contributed by atoms with E-state index in [2.05, 4.69) is 27.9 Å². The number of carbonyl (C=O) groups excluding carboxylic acids is 1. The largest absolute Gasteiger partial charge is 0.481 e. The number of rotatable bonds is 3. The van der Waals surface area contributed by atoms with E-state index < -0.39 is 5.97 Å². The van der Waals surface area contributed by atoms with Gasteiger partial charge in [-0.15, -0.1) is 0 Å². The molecule has 6 heteroatoms. The number of amides is 1. The van der Waals surface area contributed by atoms with E-state index in [0.717, 1.165) is 3.57 Å². The minimum Gasteiger partial charge on any atom is -0.481 e. The van der Waals surface area contributed by atoms with Gasteiger partial charge in [0.25, 0.3) is 5.91 Å². The summed E-state index contributed by atoms with van der Waals surface area (Å²) in [5.74, 6) is -1.32. The Hall–Kier alpha value is -0.820. The topological polar surface area (TPSA) is 66.4 Å². The summed E-state index contributed by atoms with van der Waals surface area (Å²) in [4.78, 5) is 23.0. The summed E-state index contributed by atoms with van der Waals surface area (Å²) < 4.78 is 0.826. The van der Waals surface area contributed by atoms with Gasteiger partial charge < -0.3 is 10.4 Å². The van der Waals surface area contributed by atoms with Crippen molar-refractivity contribution in [1.29, 1.82) is 0 Å².